The van der Waals surface area contributed by atoms with Gasteiger partial charge in [0.05, 0.1) is 0 Å². The Balaban J connectivity index is 3.37. The van der Waals surface area contributed by atoms with Crippen LogP contribution in [0.1, 0.15) is 27.7 Å². The Bertz CT molecular complexity index is 323. The van der Waals surface area contributed by atoms with Gasteiger partial charge in [-0.05, 0) is 27.7 Å². The van der Waals surface area contributed by atoms with Crippen LogP contribution < -0.4 is 0 Å². The van der Waals surface area contributed by atoms with E-state index in [9.17, 15) is 27.1 Å². The summed E-state index contributed by atoms with van der Waals surface area (Å²) in [4.78, 5) is 0. The van der Waals surface area contributed by atoms with Crippen molar-refractivity contribution in [2.45, 2.75) is 57.0 Å². The summed E-state index contributed by atoms with van der Waals surface area (Å²) in [5.74, 6) is -11.2. The van der Waals surface area contributed by atoms with E-state index < -0.39 is 29.3 Å². The first-order chi connectivity index (χ1) is 7.16. The van der Waals surface area contributed by atoms with Crippen LogP contribution in [0.15, 0.2) is 0 Å². The van der Waals surface area contributed by atoms with E-state index >= 15 is 0 Å². The van der Waals surface area contributed by atoms with Gasteiger partial charge in [-0.25, -0.2) is 0 Å². The second kappa shape index (κ2) is 3.30. The van der Waals surface area contributed by atoms with Crippen molar-refractivity contribution in [2.24, 2.45) is 0 Å². The molecule has 1 rings (SSSR count). The SMILES string of the molecule is CC1(C)OC(C)(C)C(F)(F)C(O)(C(F)(F)F)O1. The van der Waals surface area contributed by atoms with E-state index in [1.54, 1.807) is 0 Å². The molecule has 1 unspecified atom stereocenters. The van der Waals surface area contributed by atoms with Gasteiger partial charge < -0.3 is 14.6 Å². The summed E-state index contributed by atoms with van der Waals surface area (Å²) in [6, 6.07) is 0. The molecule has 0 aliphatic carbocycles. The Hall–Kier alpha value is -0.470. The number of ether oxygens (including phenoxy) is 2. The lowest BCUT2D eigenvalue weighted by molar-refractivity contribution is -0.538. The summed E-state index contributed by atoms with van der Waals surface area (Å²) < 4.78 is 73.9. The van der Waals surface area contributed by atoms with Crippen molar-refractivity contribution in [2.75, 3.05) is 0 Å². The molecule has 0 amide bonds. The number of aliphatic hydroxyl groups is 1. The minimum absolute atomic E-state index is 0.758. The fraction of sp³-hybridized carbons (Fsp3) is 1.00. The normalized spacial score (nSPS) is 35.6. The van der Waals surface area contributed by atoms with Gasteiger partial charge in [0, 0.05) is 0 Å². The van der Waals surface area contributed by atoms with Crippen LogP contribution in [0.4, 0.5) is 22.0 Å². The summed E-state index contributed by atoms with van der Waals surface area (Å²) >= 11 is 0. The van der Waals surface area contributed by atoms with Crippen LogP contribution in [-0.4, -0.2) is 34.4 Å². The van der Waals surface area contributed by atoms with Gasteiger partial charge in [-0.3, -0.25) is 0 Å². The van der Waals surface area contributed by atoms with Gasteiger partial charge in [0.1, 0.15) is 5.60 Å². The van der Waals surface area contributed by atoms with Crippen LogP contribution in [0.25, 0.3) is 0 Å². The van der Waals surface area contributed by atoms with Crippen LogP contribution in [-0.2, 0) is 9.47 Å². The Kier molecular flexibility index (Phi) is 2.83. The first-order valence-corrected chi connectivity index (χ1v) is 4.74. The van der Waals surface area contributed by atoms with E-state index in [1.807, 2.05) is 0 Å². The minimum atomic E-state index is -5.64. The zero-order chi connectivity index (χ0) is 13.9. The summed E-state index contributed by atoms with van der Waals surface area (Å²) in [5, 5.41) is 9.23. The molecule has 17 heavy (non-hydrogen) atoms. The zero-order valence-corrected chi connectivity index (χ0v) is 9.65. The summed E-state index contributed by atoms with van der Waals surface area (Å²) in [7, 11) is 0. The Morgan fingerprint density at radius 2 is 1.35 bits per heavy atom. The third-order valence-electron chi connectivity index (χ3n) is 2.46. The van der Waals surface area contributed by atoms with Crippen molar-refractivity contribution in [3.05, 3.63) is 0 Å². The molecular formula is C9H13F5O3. The third-order valence-corrected chi connectivity index (χ3v) is 2.46. The molecule has 0 spiro atoms. The number of hydrogen-bond acceptors (Lipinski definition) is 3. The number of hydrogen-bond donors (Lipinski definition) is 1. The van der Waals surface area contributed by atoms with E-state index in [2.05, 4.69) is 4.74 Å². The molecule has 1 N–H and O–H groups in total. The Labute approximate surface area is 94.5 Å². The lowest BCUT2D eigenvalue weighted by Gasteiger charge is -2.53. The van der Waals surface area contributed by atoms with Crippen LogP contribution in [0.3, 0.4) is 0 Å². The van der Waals surface area contributed by atoms with E-state index in [4.69, 9.17) is 4.74 Å². The number of alkyl halides is 5. The van der Waals surface area contributed by atoms with Gasteiger partial charge in [-0.15, -0.1) is 0 Å². The zero-order valence-electron chi connectivity index (χ0n) is 9.65. The maximum absolute atomic E-state index is 13.7. The quantitative estimate of drug-likeness (QED) is 0.683. The van der Waals surface area contributed by atoms with E-state index in [-0.39, 0.29) is 0 Å². The van der Waals surface area contributed by atoms with Gasteiger partial charge >= 0.3 is 17.9 Å². The predicted molar refractivity (Wildman–Crippen MR) is 46.3 cm³/mol. The molecule has 1 saturated heterocycles. The molecule has 0 bridgehead atoms. The molecule has 1 aliphatic heterocycles. The maximum Gasteiger partial charge on any atom is 0.449 e. The molecule has 1 aliphatic rings. The molecule has 102 valence electrons. The fourth-order valence-electron chi connectivity index (χ4n) is 1.76. The average molecular weight is 264 g/mol. The van der Waals surface area contributed by atoms with E-state index in [1.165, 1.54) is 0 Å². The van der Waals surface area contributed by atoms with Gasteiger partial charge in [0.15, 0.2) is 5.79 Å². The van der Waals surface area contributed by atoms with Crippen molar-refractivity contribution >= 4 is 0 Å². The Morgan fingerprint density at radius 1 is 0.941 bits per heavy atom. The van der Waals surface area contributed by atoms with Crippen molar-refractivity contribution in [1.29, 1.82) is 0 Å². The smallest absolute Gasteiger partial charge is 0.354 e. The Morgan fingerprint density at radius 3 is 1.71 bits per heavy atom. The lowest BCUT2D eigenvalue weighted by Crippen LogP contribution is -2.75. The molecule has 0 aromatic rings. The van der Waals surface area contributed by atoms with Crippen molar-refractivity contribution in [3.63, 3.8) is 0 Å². The van der Waals surface area contributed by atoms with E-state index in [0.29, 0.717) is 0 Å². The molecule has 3 nitrogen and oxygen atoms in total. The molecule has 0 aromatic carbocycles. The summed E-state index contributed by atoms with van der Waals surface area (Å²) in [5.41, 5.74) is -2.53. The standard InChI is InChI=1S/C9H13F5O3/c1-5(2)7(10,11)8(15,9(12,13)14)17-6(3,4)16-5/h15H,1-4H3. The van der Waals surface area contributed by atoms with Gasteiger partial charge in [0.2, 0.25) is 0 Å². The van der Waals surface area contributed by atoms with Crippen LogP contribution in [0.2, 0.25) is 0 Å². The summed E-state index contributed by atoms with van der Waals surface area (Å²) in [6.45, 7) is 3.54. The molecule has 0 aromatic heterocycles. The first-order valence-electron chi connectivity index (χ1n) is 4.74. The number of rotatable bonds is 0. The highest BCUT2D eigenvalue weighted by atomic mass is 19.4. The second-order valence-corrected chi connectivity index (χ2v) is 4.83. The largest absolute Gasteiger partial charge is 0.449 e. The van der Waals surface area contributed by atoms with Gasteiger partial charge in [0.25, 0.3) is 0 Å². The molecule has 0 saturated carbocycles. The third kappa shape index (κ3) is 1.92. The highest BCUT2D eigenvalue weighted by Crippen LogP contribution is 2.55. The topological polar surface area (TPSA) is 38.7 Å². The highest BCUT2D eigenvalue weighted by molar-refractivity contribution is 5.06. The van der Waals surface area contributed by atoms with Crippen molar-refractivity contribution < 1.29 is 36.5 Å². The first kappa shape index (κ1) is 14.6. The molecule has 1 heterocycles. The van der Waals surface area contributed by atoms with Crippen LogP contribution in [0.5, 0.6) is 0 Å². The van der Waals surface area contributed by atoms with Gasteiger partial charge in [-0.1, -0.05) is 0 Å². The van der Waals surface area contributed by atoms with Crippen molar-refractivity contribution in [3.8, 4) is 0 Å². The van der Waals surface area contributed by atoms with Gasteiger partial charge in [-0.2, -0.15) is 22.0 Å². The highest BCUT2D eigenvalue weighted by Gasteiger charge is 2.80. The van der Waals surface area contributed by atoms with Crippen LogP contribution >= 0.6 is 0 Å². The minimum Gasteiger partial charge on any atom is -0.354 e. The molecule has 8 heteroatoms. The average Bonchev–Trinajstić information content (AvgIpc) is 1.95. The maximum atomic E-state index is 13.7. The molecular weight excluding hydrogens is 251 g/mol. The monoisotopic (exact) mass is 264 g/mol. The van der Waals surface area contributed by atoms with Crippen molar-refractivity contribution in [1.82, 2.24) is 0 Å². The summed E-state index contributed by atoms with van der Waals surface area (Å²) in [6.07, 6.45) is -5.64. The molecule has 1 atom stereocenters. The van der Waals surface area contributed by atoms with E-state index in [0.717, 1.165) is 27.7 Å². The molecule has 0 radical (unpaired) electrons. The number of halogens is 5. The fourth-order valence-corrected chi connectivity index (χ4v) is 1.76. The second-order valence-electron chi connectivity index (χ2n) is 4.83. The lowest BCUT2D eigenvalue weighted by atomic mass is 9.89. The molecule has 1 fully saturated rings. The van der Waals surface area contributed by atoms with Crippen LogP contribution in [0, 0.1) is 0 Å². The predicted octanol–water partition coefficient (Wildman–Crippen LogP) is 2.43.